The Morgan fingerprint density at radius 1 is 0.647 bits per heavy atom. The largest absolute Gasteiger partial charge is 0.508 e. The summed E-state index contributed by atoms with van der Waals surface area (Å²) >= 11 is 0. The molecular formula is C28H21N3O3. The van der Waals surface area contributed by atoms with E-state index in [1.165, 1.54) is 0 Å². The van der Waals surface area contributed by atoms with Crippen LogP contribution < -0.4 is 0 Å². The van der Waals surface area contributed by atoms with E-state index in [4.69, 9.17) is 9.97 Å². The second kappa shape index (κ2) is 9.00. The molecule has 0 aliphatic rings. The van der Waals surface area contributed by atoms with E-state index in [1.807, 2.05) is 30.3 Å². The summed E-state index contributed by atoms with van der Waals surface area (Å²) in [6, 6.07) is 23.4. The second-order valence-corrected chi connectivity index (χ2v) is 7.95. The highest BCUT2D eigenvalue weighted by Gasteiger charge is 2.17. The van der Waals surface area contributed by atoms with Crippen molar-refractivity contribution < 1.29 is 15.3 Å². The lowest BCUT2D eigenvalue weighted by Gasteiger charge is -2.05. The first-order valence-corrected chi connectivity index (χ1v) is 10.8. The van der Waals surface area contributed by atoms with Crippen LogP contribution in [0.15, 0.2) is 85.1 Å². The molecule has 166 valence electrons. The number of aromatic nitrogens is 3. The molecular weight excluding hydrogens is 426 g/mol. The Morgan fingerprint density at radius 2 is 1.26 bits per heavy atom. The molecule has 2 heterocycles. The molecule has 0 saturated heterocycles. The van der Waals surface area contributed by atoms with Gasteiger partial charge in [0.25, 0.3) is 0 Å². The Balaban J connectivity index is 1.58. The summed E-state index contributed by atoms with van der Waals surface area (Å²) in [5, 5.41) is 30.0. The van der Waals surface area contributed by atoms with Gasteiger partial charge in [-0.3, -0.25) is 4.40 Å². The fourth-order valence-electron chi connectivity index (χ4n) is 3.72. The maximum absolute atomic E-state index is 11.0. The standard InChI is InChI=1S/C28H21N3O3/c32-23-12-7-19(8-13-23)6-11-22-18-31-27(25(29-22)16-20-4-2-1-3-5-20)30-26(28(31)34)17-21-9-14-24(33)15-10-21/h1-5,7-10,12-15,18,32-34H,16-17H2. The highest BCUT2D eigenvalue weighted by molar-refractivity contribution is 5.54. The maximum atomic E-state index is 11.0. The number of aromatic hydroxyl groups is 3. The number of phenols is 2. The number of benzene rings is 3. The topological polar surface area (TPSA) is 90.9 Å². The molecule has 3 aromatic carbocycles. The summed E-state index contributed by atoms with van der Waals surface area (Å²) in [5.74, 6) is 6.52. The molecule has 2 aromatic heterocycles. The van der Waals surface area contributed by atoms with E-state index in [9.17, 15) is 15.3 Å². The van der Waals surface area contributed by atoms with Crippen molar-refractivity contribution in [1.29, 1.82) is 0 Å². The Kier molecular flexibility index (Phi) is 5.59. The average Bonchev–Trinajstić information content (AvgIpc) is 3.16. The average molecular weight is 447 g/mol. The molecule has 6 nitrogen and oxygen atoms in total. The Bertz CT molecular complexity index is 1510. The number of hydrogen-bond acceptors (Lipinski definition) is 5. The minimum absolute atomic E-state index is 0.0347. The molecule has 0 saturated carbocycles. The van der Waals surface area contributed by atoms with Gasteiger partial charge in [-0.1, -0.05) is 48.4 Å². The van der Waals surface area contributed by atoms with Crippen LogP contribution in [0.1, 0.15) is 33.8 Å². The molecule has 0 spiro atoms. The fourth-order valence-corrected chi connectivity index (χ4v) is 3.72. The molecule has 34 heavy (non-hydrogen) atoms. The maximum Gasteiger partial charge on any atom is 0.219 e. The third kappa shape index (κ3) is 4.54. The molecule has 3 N–H and O–H groups in total. The van der Waals surface area contributed by atoms with Crippen LogP contribution in [-0.4, -0.2) is 29.7 Å². The van der Waals surface area contributed by atoms with E-state index in [0.29, 0.717) is 35.6 Å². The third-order valence-electron chi connectivity index (χ3n) is 5.44. The first kappa shape index (κ1) is 21.1. The molecule has 0 aliphatic heterocycles. The van der Waals surface area contributed by atoms with Crippen molar-refractivity contribution in [3.05, 3.63) is 119 Å². The van der Waals surface area contributed by atoms with Gasteiger partial charge < -0.3 is 15.3 Å². The minimum Gasteiger partial charge on any atom is -0.508 e. The van der Waals surface area contributed by atoms with Gasteiger partial charge in [-0.15, -0.1) is 0 Å². The highest BCUT2D eigenvalue weighted by Crippen LogP contribution is 2.26. The van der Waals surface area contributed by atoms with Gasteiger partial charge in [0.05, 0.1) is 5.69 Å². The summed E-state index contributed by atoms with van der Waals surface area (Å²) in [7, 11) is 0. The monoisotopic (exact) mass is 447 g/mol. The van der Waals surface area contributed by atoms with Crippen molar-refractivity contribution in [1.82, 2.24) is 14.4 Å². The van der Waals surface area contributed by atoms with Crippen molar-refractivity contribution in [3.63, 3.8) is 0 Å². The lowest BCUT2D eigenvalue weighted by Crippen LogP contribution is -2.01. The SMILES string of the molecule is Oc1ccc(C#Cc2cn3c(O)c(Cc4ccc(O)cc4)nc3c(Cc3ccccc3)n2)cc1. The normalized spacial score (nSPS) is 10.7. The van der Waals surface area contributed by atoms with E-state index in [0.717, 1.165) is 16.7 Å². The van der Waals surface area contributed by atoms with E-state index in [1.54, 1.807) is 59.1 Å². The van der Waals surface area contributed by atoms with Gasteiger partial charge in [0.15, 0.2) is 5.65 Å². The summed E-state index contributed by atoms with van der Waals surface area (Å²) in [6.07, 6.45) is 2.63. The van der Waals surface area contributed by atoms with Crippen molar-refractivity contribution >= 4 is 5.65 Å². The highest BCUT2D eigenvalue weighted by atomic mass is 16.3. The Labute approximate surface area is 196 Å². The number of fused-ring (bicyclic) bond motifs is 1. The quantitative estimate of drug-likeness (QED) is 0.355. The molecule has 0 radical (unpaired) electrons. The number of nitrogens with zero attached hydrogens (tertiary/aromatic N) is 3. The zero-order valence-electron chi connectivity index (χ0n) is 18.2. The first-order valence-electron chi connectivity index (χ1n) is 10.8. The molecule has 0 aliphatic carbocycles. The predicted octanol–water partition coefficient (Wildman–Crippen LogP) is 4.43. The van der Waals surface area contributed by atoms with Crippen molar-refractivity contribution in [2.75, 3.05) is 0 Å². The van der Waals surface area contributed by atoms with Crippen molar-refractivity contribution in [3.8, 4) is 29.2 Å². The van der Waals surface area contributed by atoms with Crippen LogP contribution in [0.3, 0.4) is 0 Å². The molecule has 0 atom stereocenters. The summed E-state index contributed by atoms with van der Waals surface area (Å²) in [4.78, 5) is 9.46. The molecule has 5 aromatic rings. The molecule has 0 fully saturated rings. The molecule has 5 rings (SSSR count). The smallest absolute Gasteiger partial charge is 0.219 e. The van der Waals surface area contributed by atoms with E-state index < -0.39 is 0 Å². The van der Waals surface area contributed by atoms with Crippen molar-refractivity contribution in [2.24, 2.45) is 0 Å². The number of imidazole rings is 1. The first-order chi connectivity index (χ1) is 16.5. The van der Waals surface area contributed by atoms with Gasteiger partial charge >= 0.3 is 0 Å². The van der Waals surface area contributed by atoms with E-state index in [-0.39, 0.29) is 17.4 Å². The van der Waals surface area contributed by atoms with Gasteiger partial charge in [0, 0.05) is 24.6 Å². The lowest BCUT2D eigenvalue weighted by atomic mass is 10.1. The Hall–Kier alpha value is -4.76. The van der Waals surface area contributed by atoms with Gasteiger partial charge in [0.1, 0.15) is 22.9 Å². The Morgan fingerprint density at radius 3 is 1.97 bits per heavy atom. The van der Waals surface area contributed by atoms with Crippen LogP contribution in [-0.2, 0) is 12.8 Å². The summed E-state index contributed by atoms with van der Waals surface area (Å²) < 4.78 is 1.63. The molecule has 6 heteroatoms. The van der Waals surface area contributed by atoms with Crippen LogP contribution in [0.25, 0.3) is 5.65 Å². The molecule has 0 unspecified atom stereocenters. The lowest BCUT2D eigenvalue weighted by molar-refractivity contribution is 0.442. The summed E-state index contributed by atoms with van der Waals surface area (Å²) in [5.41, 5.74) is 5.03. The van der Waals surface area contributed by atoms with Crippen LogP contribution >= 0.6 is 0 Å². The zero-order chi connectivity index (χ0) is 23.5. The van der Waals surface area contributed by atoms with Crippen LogP contribution in [0.4, 0.5) is 0 Å². The third-order valence-corrected chi connectivity index (χ3v) is 5.44. The predicted molar refractivity (Wildman–Crippen MR) is 129 cm³/mol. The number of rotatable bonds is 4. The van der Waals surface area contributed by atoms with Gasteiger partial charge in [0.2, 0.25) is 5.88 Å². The minimum atomic E-state index is 0.0347. The van der Waals surface area contributed by atoms with Gasteiger partial charge in [-0.2, -0.15) is 0 Å². The van der Waals surface area contributed by atoms with Crippen LogP contribution in [0.5, 0.6) is 17.4 Å². The van der Waals surface area contributed by atoms with Crippen LogP contribution in [0.2, 0.25) is 0 Å². The summed E-state index contributed by atoms with van der Waals surface area (Å²) in [6.45, 7) is 0. The van der Waals surface area contributed by atoms with Gasteiger partial charge in [-0.25, -0.2) is 9.97 Å². The van der Waals surface area contributed by atoms with Gasteiger partial charge in [-0.05, 0) is 53.4 Å². The molecule has 0 amide bonds. The molecule has 0 bridgehead atoms. The van der Waals surface area contributed by atoms with Crippen LogP contribution in [0, 0.1) is 11.8 Å². The van der Waals surface area contributed by atoms with E-state index >= 15 is 0 Å². The van der Waals surface area contributed by atoms with E-state index in [2.05, 4.69) is 11.8 Å². The fraction of sp³-hybridized carbons (Fsp3) is 0.0714. The second-order valence-electron chi connectivity index (χ2n) is 7.95. The zero-order valence-corrected chi connectivity index (χ0v) is 18.2. The van der Waals surface area contributed by atoms with Crippen molar-refractivity contribution in [2.45, 2.75) is 12.8 Å². The number of hydrogen-bond donors (Lipinski definition) is 3. The number of phenolic OH excluding ortho intramolecular Hbond substituents is 2.